The molecule has 1 N–H and O–H groups in total. The van der Waals surface area contributed by atoms with Gasteiger partial charge in [-0.15, -0.1) is 0 Å². The zero-order valence-corrected chi connectivity index (χ0v) is 22.9. The molecule has 4 aromatic carbocycles. The SMILES string of the molecule is COc1ccc(N(CC(=O)NCc2ccc(OCc3ccc(F)cc3)cc2)S(=O)(=O)c2ccccc2)cc1OC. The molecule has 4 rings (SSSR count). The van der Waals surface area contributed by atoms with Crippen molar-refractivity contribution in [2.45, 2.75) is 18.0 Å². The van der Waals surface area contributed by atoms with Crippen molar-refractivity contribution in [1.82, 2.24) is 5.32 Å². The van der Waals surface area contributed by atoms with Gasteiger partial charge in [-0.1, -0.05) is 42.5 Å². The number of halogens is 1. The van der Waals surface area contributed by atoms with E-state index >= 15 is 0 Å². The summed E-state index contributed by atoms with van der Waals surface area (Å²) in [5, 5.41) is 2.78. The number of anilines is 1. The molecule has 0 aliphatic carbocycles. The maximum atomic E-state index is 13.6. The standard InChI is InChI=1S/C30H29FN2O6S/c1-37-28-17-14-25(18-29(28)38-2)33(40(35,36)27-6-4-3-5-7-27)20-30(34)32-19-22-10-15-26(16-11-22)39-21-23-8-12-24(31)13-9-23/h3-18H,19-21H2,1-2H3,(H,32,34). The van der Waals surface area contributed by atoms with Crippen LogP contribution in [-0.2, 0) is 28.0 Å². The average Bonchev–Trinajstić information content (AvgIpc) is 2.99. The molecular weight excluding hydrogens is 535 g/mol. The maximum absolute atomic E-state index is 13.6. The summed E-state index contributed by atoms with van der Waals surface area (Å²) in [6.45, 7) is 0.0199. The van der Waals surface area contributed by atoms with Gasteiger partial charge in [-0.25, -0.2) is 12.8 Å². The smallest absolute Gasteiger partial charge is 0.264 e. The van der Waals surface area contributed by atoms with Gasteiger partial charge in [0.15, 0.2) is 11.5 Å². The summed E-state index contributed by atoms with van der Waals surface area (Å²) >= 11 is 0. The predicted octanol–water partition coefficient (Wildman–Crippen LogP) is 4.93. The van der Waals surface area contributed by atoms with Crippen molar-refractivity contribution in [3.8, 4) is 17.2 Å². The minimum absolute atomic E-state index is 0.0498. The van der Waals surface area contributed by atoms with Gasteiger partial charge in [0.2, 0.25) is 5.91 Å². The monoisotopic (exact) mass is 564 g/mol. The Hall–Kier alpha value is -4.57. The van der Waals surface area contributed by atoms with E-state index in [1.807, 2.05) is 0 Å². The Kier molecular flexibility index (Phi) is 9.23. The molecule has 0 spiro atoms. The van der Waals surface area contributed by atoms with E-state index in [0.717, 1.165) is 15.4 Å². The van der Waals surface area contributed by atoms with E-state index in [4.69, 9.17) is 14.2 Å². The zero-order valence-electron chi connectivity index (χ0n) is 22.0. The van der Waals surface area contributed by atoms with Crippen molar-refractivity contribution >= 4 is 21.6 Å². The normalized spacial score (nSPS) is 11.0. The Labute approximate surface area is 233 Å². The second-order valence-corrected chi connectivity index (χ2v) is 10.6. The van der Waals surface area contributed by atoms with Crippen LogP contribution in [0.15, 0.2) is 102 Å². The first-order valence-electron chi connectivity index (χ1n) is 12.3. The van der Waals surface area contributed by atoms with E-state index in [-0.39, 0.29) is 29.6 Å². The molecule has 0 bridgehead atoms. The molecule has 40 heavy (non-hydrogen) atoms. The first-order valence-corrected chi connectivity index (χ1v) is 13.8. The van der Waals surface area contributed by atoms with E-state index in [1.54, 1.807) is 66.7 Å². The Morgan fingerprint density at radius 1 is 0.825 bits per heavy atom. The lowest BCUT2D eigenvalue weighted by atomic mass is 10.2. The number of rotatable bonds is 12. The molecule has 0 radical (unpaired) electrons. The van der Waals surface area contributed by atoms with Crippen LogP contribution in [0, 0.1) is 5.82 Å². The third kappa shape index (κ3) is 7.09. The number of carbonyl (C=O) groups excluding carboxylic acids is 1. The molecule has 0 aromatic heterocycles. The van der Waals surface area contributed by atoms with Crippen LogP contribution in [0.1, 0.15) is 11.1 Å². The van der Waals surface area contributed by atoms with Gasteiger partial charge < -0.3 is 19.5 Å². The van der Waals surface area contributed by atoms with Crippen LogP contribution >= 0.6 is 0 Å². The predicted molar refractivity (Wildman–Crippen MR) is 150 cm³/mol. The largest absolute Gasteiger partial charge is 0.493 e. The number of benzene rings is 4. The van der Waals surface area contributed by atoms with Gasteiger partial charge in [-0.3, -0.25) is 9.10 Å². The number of hydrogen-bond acceptors (Lipinski definition) is 6. The number of carbonyl (C=O) groups is 1. The Morgan fingerprint density at radius 3 is 2.12 bits per heavy atom. The van der Waals surface area contributed by atoms with Crippen LogP contribution in [0.25, 0.3) is 0 Å². The summed E-state index contributed by atoms with van der Waals surface area (Å²) in [6, 6.07) is 25.7. The minimum Gasteiger partial charge on any atom is -0.493 e. The summed E-state index contributed by atoms with van der Waals surface area (Å²) in [4.78, 5) is 13.0. The second-order valence-electron chi connectivity index (χ2n) is 8.70. The third-order valence-corrected chi connectivity index (χ3v) is 7.79. The number of methoxy groups -OCH3 is 2. The molecule has 0 aliphatic rings. The fourth-order valence-electron chi connectivity index (χ4n) is 3.85. The number of sulfonamides is 1. The molecule has 1 amide bonds. The Bertz CT molecular complexity index is 1530. The molecule has 10 heteroatoms. The average molecular weight is 565 g/mol. The summed E-state index contributed by atoms with van der Waals surface area (Å²) in [6.07, 6.45) is 0. The molecule has 0 saturated heterocycles. The minimum atomic E-state index is -4.08. The molecular formula is C30H29FN2O6S. The zero-order chi connectivity index (χ0) is 28.5. The van der Waals surface area contributed by atoms with Crippen molar-refractivity contribution in [3.63, 3.8) is 0 Å². The van der Waals surface area contributed by atoms with Gasteiger partial charge in [0.1, 0.15) is 24.7 Å². The highest BCUT2D eigenvalue weighted by Crippen LogP contribution is 2.33. The van der Waals surface area contributed by atoms with Gasteiger partial charge in [-0.05, 0) is 59.7 Å². The van der Waals surface area contributed by atoms with E-state index in [0.29, 0.717) is 17.2 Å². The van der Waals surface area contributed by atoms with Gasteiger partial charge in [0, 0.05) is 12.6 Å². The van der Waals surface area contributed by atoms with Crippen LogP contribution in [0.3, 0.4) is 0 Å². The van der Waals surface area contributed by atoms with E-state index in [9.17, 15) is 17.6 Å². The number of ether oxygens (including phenoxy) is 3. The van der Waals surface area contributed by atoms with Crippen LogP contribution < -0.4 is 23.8 Å². The highest BCUT2D eigenvalue weighted by Gasteiger charge is 2.28. The maximum Gasteiger partial charge on any atom is 0.264 e. The highest BCUT2D eigenvalue weighted by atomic mass is 32.2. The summed E-state index contributed by atoms with van der Waals surface area (Å²) in [5.41, 5.74) is 1.88. The fourth-order valence-corrected chi connectivity index (χ4v) is 5.29. The van der Waals surface area contributed by atoms with Crippen LogP contribution in [0.4, 0.5) is 10.1 Å². The quantitative estimate of drug-likeness (QED) is 0.262. The molecule has 0 unspecified atom stereocenters. The number of nitrogens with one attached hydrogen (secondary N) is 1. The lowest BCUT2D eigenvalue weighted by molar-refractivity contribution is -0.119. The van der Waals surface area contributed by atoms with E-state index < -0.39 is 22.5 Å². The lowest BCUT2D eigenvalue weighted by Crippen LogP contribution is -2.40. The summed E-state index contributed by atoms with van der Waals surface area (Å²) in [7, 11) is -1.15. The van der Waals surface area contributed by atoms with Crippen molar-refractivity contribution < 1.29 is 31.8 Å². The second kappa shape index (κ2) is 13.0. The van der Waals surface area contributed by atoms with Crippen LogP contribution in [0.5, 0.6) is 17.2 Å². The molecule has 8 nitrogen and oxygen atoms in total. The fraction of sp³-hybridized carbons (Fsp3) is 0.167. The number of amides is 1. The van der Waals surface area contributed by atoms with Gasteiger partial charge >= 0.3 is 0 Å². The molecule has 0 aliphatic heterocycles. The van der Waals surface area contributed by atoms with Crippen LogP contribution in [-0.4, -0.2) is 35.1 Å². The van der Waals surface area contributed by atoms with Gasteiger partial charge in [-0.2, -0.15) is 0 Å². The molecule has 0 heterocycles. The van der Waals surface area contributed by atoms with Gasteiger partial charge in [0.25, 0.3) is 10.0 Å². The molecule has 0 atom stereocenters. The first kappa shape index (κ1) is 28.4. The third-order valence-electron chi connectivity index (χ3n) is 6.01. The Morgan fingerprint density at radius 2 is 1.48 bits per heavy atom. The van der Waals surface area contributed by atoms with Gasteiger partial charge in [0.05, 0.1) is 24.8 Å². The van der Waals surface area contributed by atoms with Crippen molar-refractivity contribution in [1.29, 1.82) is 0 Å². The van der Waals surface area contributed by atoms with Crippen LogP contribution in [0.2, 0.25) is 0 Å². The molecule has 0 saturated carbocycles. The summed E-state index contributed by atoms with van der Waals surface area (Å²) < 4.78 is 57.5. The first-order chi connectivity index (χ1) is 19.3. The Balaban J connectivity index is 1.44. The highest BCUT2D eigenvalue weighted by molar-refractivity contribution is 7.92. The number of nitrogens with zero attached hydrogens (tertiary/aromatic N) is 1. The summed E-state index contributed by atoms with van der Waals surface area (Å²) in [5.74, 6) is 0.576. The van der Waals surface area contributed by atoms with E-state index in [1.165, 1.54) is 44.6 Å². The molecule has 0 fully saturated rings. The molecule has 208 valence electrons. The van der Waals surface area contributed by atoms with Crippen molar-refractivity contribution in [3.05, 3.63) is 114 Å². The van der Waals surface area contributed by atoms with Crippen molar-refractivity contribution in [2.75, 3.05) is 25.1 Å². The van der Waals surface area contributed by atoms with E-state index in [2.05, 4.69) is 5.32 Å². The topological polar surface area (TPSA) is 94.2 Å². The molecule has 4 aromatic rings. The lowest BCUT2D eigenvalue weighted by Gasteiger charge is -2.25. The number of hydrogen-bond donors (Lipinski definition) is 1. The van der Waals surface area contributed by atoms with Crippen molar-refractivity contribution in [2.24, 2.45) is 0 Å².